The molecular weight excluding hydrogens is 440 g/mol. The van der Waals surface area contributed by atoms with E-state index in [9.17, 15) is 9.59 Å². The molecule has 0 bridgehead atoms. The van der Waals surface area contributed by atoms with E-state index in [2.05, 4.69) is 15.2 Å². The molecule has 2 aromatic rings. The summed E-state index contributed by atoms with van der Waals surface area (Å²) in [5, 5.41) is 2.82. The lowest BCUT2D eigenvalue weighted by Crippen LogP contribution is -2.47. The van der Waals surface area contributed by atoms with E-state index in [1.165, 1.54) is 11.3 Å². The molecule has 0 spiro atoms. The number of rotatable bonds is 4. The number of benzene rings is 1. The lowest BCUT2D eigenvalue weighted by atomic mass is 10.1. The van der Waals surface area contributed by atoms with Gasteiger partial charge in [-0.2, -0.15) is 0 Å². The minimum Gasteiger partial charge on any atom is -0.489 e. The van der Waals surface area contributed by atoms with Crippen molar-refractivity contribution in [3.05, 3.63) is 45.1 Å². The fourth-order valence-corrected chi connectivity index (χ4v) is 5.05. The Balaban J connectivity index is 1.31. The van der Waals surface area contributed by atoms with Gasteiger partial charge in [0, 0.05) is 25.7 Å². The van der Waals surface area contributed by atoms with Crippen molar-refractivity contribution in [3.8, 4) is 5.75 Å². The summed E-state index contributed by atoms with van der Waals surface area (Å²) in [5.41, 5.74) is 1.63. The van der Waals surface area contributed by atoms with Crippen molar-refractivity contribution in [2.75, 3.05) is 38.2 Å². The van der Waals surface area contributed by atoms with Crippen LogP contribution in [0.1, 0.15) is 21.7 Å². The molecule has 0 saturated carbocycles. The van der Waals surface area contributed by atoms with Crippen LogP contribution in [0, 0.1) is 0 Å². The fourth-order valence-electron chi connectivity index (χ4n) is 4.09. The highest BCUT2D eigenvalue weighted by atomic mass is 35.5. The molecule has 8 nitrogen and oxygen atoms in total. The van der Waals surface area contributed by atoms with Gasteiger partial charge in [-0.3, -0.25) is 14.7 Å². The van der Waals surface area contributed by atoms with Crippen molar-refractivity contribution in [2.24, 2.45) is 4.99 Å². The SMILES string of the molecule is CN1CCCN=C1c1ccc2c(c1)OC[C@H]1[C@H](CNC(=O)c3ccc(Cl)s3)OC(=O)N21. The summed E-state index contributed by atoms with van der Waals surface area (Å²) in [6.07, 6.45) is 0.0987. The highest BCUT2D eigenvalue weighted by Crippen LogP contribution is 2.39. The van der Waals surface area contributed by atoms with E-state index < -0.39 is 12.2 Å². The summed E-state index contributed by atoms with van der Waals surface area (Å²) in [5.74, 6) is 1.31. The molecule has 10 heteroatoms. The second-order valence-corrected chi connectivity index (χ2v) is 9.36. The summed E-state index contributed by atoms with van der Waals surface area (Å²) in [4.78, 5) is 33.8. The van der Waals surface area contributed by atoms with Crippen molar-refractivity contribution in [2.45, 2.75) is 18.6 Å². The van der Waals surface area contributed by atoms with Crippen LogP contribution in [0.4, 0.5) is 10.5 Å². The van der Waals surface area contributed by atoms with E-state index in [-0.39, 0.29) is 25.1 Å². The Morgan fingerprint density at radius 3 is 3.00 bits per heavy atom. The van der Waals surface area contributed by atoms with E-state index in [0.29, 0.717) is 20.7 Å². The standard InChI is InChI=1S/C21H21ClN4O4S/c1-25-8-2-7-23-19(25)12-3-4-13-15(9-12)29-11-14-16(30-21(28)26(13)14)10-24-20(27)17-5-6-18(22)31-17/h3-6,9,14,16H,2,7-8,10-11H2,1H3,(H,24,27)/t14-,16-/m0/s1. The van der Waals surface area contributed by atoms with Crippen LogP contribution in [-0.2, 0) is 4.74 Å². The minimum absolute atomic E-state index is 0.194. The summed E-state index contributed by atoms with van der Waals surface area (Å²) in [6, 6.07) is 8.78. The number of amides is 2. The number of nitrogens with zero attached hydrogens (tertiary/aromatic N) is 3. The van der Waals surface area contributed by atoms with Gasteiger partial charge in [-0.05, 0) is 36.8 Å². The highest BCUT2D eigenvalue weighted by molar-refractivity contribution is 7.18. The first-order chi connectivity index (χ1) is 15.0. The number of ether oxygens (including phenoxy) is 2. The van der Waals surface area contributed by atoms with E-state index in [4.69, 9.17) is 21.1 Å². The maximum absolute atomic E-state index is 12.6. The van der Waals surface area contributed by atoms with Gasteiger partial charge < -0.3 is 19.7 Å². The number of hydrogen-bond donors (Lipinski definition) is 1. The van der Waals surface area contributed by atoms with Gasteiger partial charge in [-0.15, -0.1) is 11.3 Å². The number of halogens is 1. The summed E-state index contributed by atoms with van der Waals surface area (Å²) in [6.45, 7) is 2.25. The number of nitrogens with one attached hydrogen (secondary N) is 1. The predicted octanol–water partition coefficient (Wildman–Crippen LogP) is 3.00. The van der Waals surface area contributed by atoms with Gasteiger partial charge in [-0.1, -0.05) is 11.6 Å². The van der Waals surface area contributed by atoms with E-state index in [1.54, 1.807) is 17.0 Å². The molecule has 0 aliphatic carbocycles. The quantitative estimate of drug-likeness (QED) is 0.758. The Bertz CT molecular complexity index is 1070. The average molecular weight is 461 g/mol. The molecule has 0 unspecified atom stereocenters. The van der Waals surface area contributed by atoms with Crippen LogP contribution in [0.2, 0.25) is 4.34 Å². The molecule has 1 aromatic carbocycles. The molecule has 3 aliphatic heterocycles. The maximum Gasteiger partial charge on any atom is 0.415 e. The van der Waals surface area contributed by atoms with Gasteiger partial charge >= 0.3 is 6.09 Å². The third kappa shape index (κ3) is 3.72. The van der Waals surface area contributed by atoms with Crippen LogP contribution >= 0.6 is 22.9 Å². The molecule has 5 rings (SSSR count). The average Bonchev–Trinajstić information content (AvgIpc) is 3.35. The lowest BCUT2D eigenvalue weighted by Gasteiger charge is -2.32. The molecule has 1 aromatic heterocycles. The first-order valence-electron chi connectivity index (χ1n) is 10.1. The molecule has 1 fully saturated rings. The molecule has 3 aliphatic rings. The Hall–Kier alpha value is -2.78. The van der Waals surface area contributed by atoms with Crippen LogP contribution < -0.4 is 15.0 Å². The van der Waals surface area contributed by atoms with Crippen molar-refractivity contribution in [1.29, 1.82) is 0 Å². The van der Waals surface area contributed by atoms with Gasteiger partial charge in [0.05, 0.1) is 21.4 Å². The normalized spacial score (nSPS) is 22.3. The first-order valence-corrected chi connectivity index (χ1v) is 11.3. The number of aliphatic imine (C=N–C) groups is 1. The fraction of sp³-hybridized carbons (Fsp3) is 0.381. The first kappa shape index (κ1) is 20.1. The van der Waals surface area contributed by atoms with Gasteiger partial charge in [0.2, 0.25) is 0 Å². The van der Waals surface area contributed by atoms with Crippen LogP contribution in [0.15, 0.2) is 35.3 Å². The third-order valence-electron chi connectivity index (χ3n) is 5.63. The Labute approximate surface area is 188 Å². The monoisotopic (exact) mass is 460 g/mol. The number of cyclic esters (lactones) is 1. The summed E-state index contributed by atoms with van der Waals surface area (Å²) in [7, 11) is 2.02. The number of hydrogen-bond acceptors (Lipinski definition) is 7. The number of carbonyl (C=O) groups is 2. The predicted molar refractivity (Wildman–Crippen MR) is 119 cm³/mol. The number of thiophene rings is 1. The van der Waals surface area contributed by atoms with Crippen molar-refractivity contribution in [1.82, 2.24) is 10.2 Å². The highest BCUT2D eigenvalue weighted by Gasteiger charge is 2.46. The molecule has 0 radical (unpaired) electrons. The van der Waals surface area contributed by atoms with Gasteiger partial charge in [0.1, 0.15) is 30.3 Å². The molecule has 4 heterocycles. The molecule has 2 amide bonds. The lowest BCUT2D eigenvalue weighted by molar-refractivity contribution is 0.0890. The summed E-state index contributed by atoms with van der Waals surface area (Å²) >= 11 is 7.10. The Kier molecular flexibility index (Phi) is 5.23. The number of carbonyl (C=O) groups excluding carboxylic acids is 2. The largest absolute Gasteiger partial charge is 0.489 e. The molecule has 2 atom stereocenters. The maximum atomic E-state index is 12.6. The van der Waals surface area contributed by atoms with Crippen LogP contribution in [-0.4, -0.2) is 68.2 Å². The van der Waals surface area contributed by atoms with Crippen LogP contribution in [0.3, 0.4) is 0 Å². The molecule has 162 valence electrons. The number of fused-ring (bicyclic) bond motifs is 3. The third-order valence-corrected chi connectivity index (χ3v) is 6.86. The second-order valence-electron chi connectivity index (χ2n) is 7.65. The van der Waals surface area contributed by atoms with Gasteiger partial charge in [-0.25, -0.2) is 4.79 Å². The van der Waals surface area contributed by atoms with E-state index >= 15 is 0 Å². The smallest absolute Gasteiger partial charge is 0.415 e. The molecule has 1 N–H and O–H groups in total. The second kappa shape index (κ2) is 8.05. The summed E-state index contributed by atoms with van der Waals surface area (Å²) < 4.78 is 12.1. The zero-order chi connectivity index (χ0) is 21.5. The zero-order valence-corrected chi connectivity index (χ0v) is 18.4. The van der Waals surface area contributed by atoms with E-state index in [1.807, 2.05) is 25.2 Å². The Morgan fingerprint density at radius 2 is 2.23 bits per heavy atom. The number of anilines is 1. The van der Waals surface area contributed by atoms with Crippen LogP contribution in [0.5, 0.6) is 5.75 Å². The zero-order valence-electron chi connectivity index (χ0n) is 16.8. The molecule has 31 heavy (non-hydrogen) atoms. The van der Waals surface area contributed by atoms with E-state index in [0.717, 1.165) is 30.9 Å². The van der Waals surface area contributed by atoms with Gasteiger partial charge in [0.25, 0.3) is 5.91 Å². The van der Waals surface area contributed by atoms with Crippen molar-refractivity contribution >= 4 is 46.5 Å². The van der Waals surface area contributed by atoms with Gasteiger partial charge in [0.15, 0.2) is 0 Å². The molecule has 1 saturated heterocycles. The number of amidine groups is 1. The van der Waals surface area contributed by atoms with Crippen LogP contribution in [0.25, 0.3) is 0 Å². The topological polar surface area (TPSA) is 83.5 Å². The van der Waals surface area contributed by atoms with Crippen molar-refractivity contribution < 1.29 is 19.1 Å². The Morgan fingerprint density at radius 1 is 1.35 bits per heavy atom. The molecular formula is C21H21ClN4O4S. The van der Waals surface area contributed by atoms with Crippen molar-refractivity contribution in [3.63, 3.8) is 0 Å². The minimum atomic E-state index is -0.506.